The molecule has 2 unspecified atom stereocenters. The number of likely N-dealkylation sites (N-methyl/N-ethyl adjacent to an activating group) is 2. The predicted octanol–water partition coefficient (Wildman–Crippen LogP) is 2.96. The maximum Gasteiger partial charge on any atom is 0.314 e. The van der Waals surface area contributed by atoms with E-state index in [0.29, 0.717) is 13.1 Å². The summed E-state index contributed by atoms with van der Waals surface area (Å²) in [6, 6.07) is 12.2. The lowest BCUT2D eigenvalue weighted by molar-refractivity contribution is 0.226. The smallest absolute Gasteiger partial charge is 0.314 e. The van der Waals surface area contributed by atoms with Crippen molar-refractivity contribution in [2.24, 2.45) is 0 Å². The summed E-state index contributed by atoms with van der Waals surface area (Å²) in [4.78, 5) is 17.8. The molecule has 0 saturated heterocycles. The van der Waals surface area contributed by atoms with Crippen molar-refractivity contribution in [3.63, 3.8) is 0 Å². The van der Waals surface area contributed by atoms with Gasteiger partial charge >= 0.3 is 6.03 Å². The number of rotatable bonds is 9. The van der Waals surface area contributed by atoms with Gasteiger partial charge < -0.3 is 25.2 Å². The highest BCUT2D eigenvalue weighted by Gasteiger charge is 2.18. The topological polar surface area (TPSA) is 56.8 Å². The highest BCUT2D eigenvalue weighted by atomic mass is 32.1. The molecule has 0 aliphatic carbocycles. The zero-order chi connectivity index (χ0) is 19.8. The summed E-state index contributed by atoms with van der Waals surface area (Å²) >= 11 is 1.70. The predicted molar refractivity (Wildman–Crippen MR) is 112 cm³/mol. The second-order valence-electron chi connectivity index (χ2n) is 6.84. The molecule has 148 valence electrons. The number of methoxy groups -OCH3 is 1. The maximum atomic E-state index is 12.3. The van der Waals surface area contributed by atoms with Gasteiger partial charge in [0.2, 0.25) is 0 Å². The van der Waals surface area contributed by atoms with Gasteiger partial charge in [-0.05, 0) is 57.3 Å². The Morgan fingerprint density at radius 3 is 2.07 bits per heavy atom. The first-order valence-electron chi connectivity index (χ1n) is 8.94. The van der Waals surface area contributed by atoms with Gasteiger partial charge in [-0.2, -0.15) is 0 Å². The Balaban J connectivity index is 1.89. The van der Waals surface area contributed by atoms with Gasteiger partial charge in [0.25, 0.3) is 0 Å². The minimum atomic E-state index is -0.154. The Morgan fingerprint density at radius 1 is 1.00 bits per heavy atom. The lowest BCUT2D eigenvalue weighted by Crippen LogP contribution is -2.43. The van der Waals surface area contributed by atoms with E-state index in [4.69, 9.17) is 4.74 Å². The van der Waals surface area contributed by atoms with Crippen LogP contribution >= 0.6 is 11.3 Å². The highest BCUT2D eigenvalue weighted by molar-refractivity contribution is 7.10. The number of carbonyl (C=O) groups is 1. The van der Waals surface area contributed by atoms with Crippen LogP contribution in [0.1, 0.15) is 22.5 Å². The molecule has 0 bridgehead atoms. The van der Waals surface area contributed by atoms with Gasteiger partial charge in [-0.25, -0.2) is 4.79 Å². The second kappa shape index (κ2) is 10.3. The summed E-state index contributed by atoms with van der Waals surface area (Å²) in [5.41, 5.74) is 1.13. The van der Waals surface area contributed by atoms with E-state index in [1.165, 1.54) is 4.88 Å². The lowest BCUT2D eigenvalue weighted by atomic mass is 10.1. The normalized spacial score (nSPS) is 13.4. The number of nitrogens with zero attached hydrogens (tertiary/aromatic N) is 2. The molecular formula is C20H30N4O2S. The van der Waals surface area contributed by atoms with Crippen LogP contribution in [0.4, 0.5) is 4.79 Å². The molecule has 0 radical (unpaired) electrons. The summed E-state index contributed by atoms with van der Waals surface area (Å²) in [6.45, 7) is 1.09. The van der Waals surface area contributed by atoms with Crippen LogP contribution < -0.4 is 15.4 Å². The third-order valence-electron chi connectivity index (χ3n) is 4.53. The van der Waals surface area contributed by atoms with Crippen molar-refractivity contribution in [1.82, 2.24) is 20.4 Å². The van der Waals surface area contributed by atoms with Gasteiger partial charge in [0.05, 0.1) is 19.2 Å². The van der Waals surface area contributed by atoms with Crippen LogP contribution in [0.25, 0.3) is 0 Å². The monoisotopic (exact) mass is 390 g/mol. The number of nitrogens with one attached hydrogen (secondary N) is 2. The van der Waals surface area contributed by atoms with E-state index >= 15 is 0 Å². The van der Waals surface area contributed by atoms with Crippen molar-refractivity contribution in [3.8, 4) is 5.75 Å². The summed E-state index contributed by atoms with van der Waals surface area (Å²) < 4.78 is 5.22. The Morgan fingerprint density at radius 2 is 1.59 bits per heavy atom. The molecule has 0 fully saturated rings. The van der Waals surface area contributed by atoms with E-state index in [0.717, 1.165) is 11.3 Å². The molecule has 2 atom stereocenters. The minimum Gasteiger partial charge on any atom is -0.497 e. The van der Waals surface area contributed by atoms with Crippen molar-refractivity contribution in [2.75, 3.05) is 48.4 Å². The molecule has 1 aromatic heterocycles. The highest BCUT2D eigenvalue weighted by Crippen LogP contribution is 2.22. The molecule has 2 rings (SSSR count). The van der Waals surface area contributed by atoms with E-state index in [1.54, 1.807) is 18.4 Å². The van der Waals surface area contributed by atoms with Gasteiger partial charge in [-0.3, -0.25) is 0 Å². The zero-order valence-corrected chi connectivity index (χ0v) is 17.5. The van der Waals surface area contributed by atoms with Crippen molar-refractivity contribution in [1.29, 1.82) is 0 Å². The summed E-state index contributed by atoms with van der Waals surface area (Å²) in [5.74, 6) is 0.824. The molecule has 2 aromatic rings. The SMILES string of the molecule is COc1ccc(C(CNC(=O)NCC(c2cccs2)N(C)C)N(C)C)cc1. The molecule has 0 spiro atoms. The van der Waals surface area contributed by atoms with Crippen molar-refractivity contribution < 1.29 is 9.53 Å². The molecular weight excluding hydrogens is 360 g/mol. The number of hydrogen-bond acceptors (Lipinski definition) is 5. The quantitative estimate of drug-likeness (QED) is 0.691. The fourth-order valence-electron chi connectivity index (χ4n) is 2.88. The largest absolute Gasteiger partial charge is 0.497 e. The molecule has 0 aliphatic heterocycles. The molecule has 0 saturated carbocycles. The first-order valence-corrected chi connectivity index (χ1v) is 9.82. The number of carbonyl (C=O) groups excluding carboxylic acids is 1. The molecule has 7 heteroatoms. The number of ether oxygens (including phenoxy) is 1. The van der Waals surface area contributed by atoms with Gasteiger partial charge in [0.15, 0.2) is 0 Å². The molecule has 27 heavy (non-hydrogen) atoms. The summed E-state index contributed by atoms with van der Waals surface area (Å²) in [6.07, 6.45) is 0. The fourth-order valence-corrected chi connectivity index (χ4v) is 3.81. The molecule has 0 aliphatic rings. The number of amides is 2. The first-order chi connectivity index (χ1) is 12.9. The number of urea groups is 1. The Kier molecular flexibility index (Phi) is 8.09. The van der Waals surface area contributed by atoms with Gasteiger partial charge in [-0.15, -0.1) is 11.3 Å². The molecule has 6 nitrogen and oxygen atoms in total. The van der Waals surface area contributed by atoms with E-state index < -0.39 is 0 Å². The van der Waals surface area contributed by atoms with E-state index in [1.807, 2.05) is 58.5 Å². The average molecular weight is 391 g/mol. The number of hydrogen-bond donors (Lipinski definition) is 2. The molecule has 1 heterocycles. The third kappa shape index (κ3) is 6.23. The fraction of sp³-hybridized carbons (Fsp3) is 0.450. The van der Waals surface area contributed by atoms with Crippen molar-refractivity contribution in [2.45, 2.75) is 12.1 Å². The Labute approximate surface area is 166 Å². The van der Waals surface area contributed by atoms with E-state index in [2.05, 4.69) is 31.9 Å². The minimum absolute atomic E-state index is 0.0867. The van der Waals surface area contributed by atoms with Gasteiger partial charge in [-0.1, -0.05) is 18.2 Å². The third-order valence-corrected chi connectivity index (χ3v) is 5.50. The summed E-state index contributed by atoms with van der Waals surface area (Å²) in [7, 11) is 9.72. The average Bonchev–Trinajstić information content (AvgIpc) is 3.16. The molecule has 1 aromatic carbocycles. The number of benzene rings is 1. The zero-order valence-electron chi connectivity index (χ0n) is 16.7. The van der Waals surface area contributed by atoms with Crippen LogP contribution in [0, 0.1) is 0 Å². The van der Waals surface area contributed by atoms with Crippen molar-refractivity contribution in [3.05, 3.63) is 52.2 Å². The van der Waals surface area contributed by atoms with Gasteiger partial charge in [0.1, 0.15) is 5.75 Å². The van der Waals surface area contributed by atoms with Crippen LogP contribution in [0.2, 0.25) is 0 Å². The Bertz CT molecular complexity index is 687. The van der Waals surface area contributed by atoms with E-state index in [9.17, 15) is 4.79 Å². The standard InChI is InChI=1S/C20H30N4O2S/c1-23(2)17(15-8-10-16(26-5)11-9-15)13-21-20(25)22-14-18(24(3)4)19-7-6-12-27-19/h6-12,17-18H,13-14H2,1-5H3,(H2,21,22,25). The lowest BCUT2D eigenvalue weighted by Gasteiger charge is -2.26. The van der Waals surface area contributed by atoms with Crippen LogP contribution in [-0.4, -0.2) is 64.2 Å². The summed E-state index contributed by atoms with van der Waals surface area (Å²) in [5, 5.41) is 8.04. The van der Waals surface area contributed by atoms with Crippen molar-refractivity contribution >= 4 is 17.4 Å². The second-order valence-corrected chi connectivity index (χ2v) is 7.82. The van der Waals surface area contributed by atoms with Crippen LogP contribution in [-0.2, 0) is 0 Å². The van der Waals surface area contributed by atoms with Crippen LogP contribution in [0.5, 0.6) is 5.75 Å². The number of thiophene rings is 1. The van der Waals surface area contributed by atoms with Gasteiger partial charge in [0, 0.05) is 18.0 Å². The first kappa shape index (κ1) is 21.2. The van der Waals surface area contributed by atoms with E-state index in [-0.39, 0.29) is 18.1 Å². The molecule has 2 amide bonds. The Hall–Kier alpha value is -2.09. The van der Waals surface area contributed by atoms with Crippen LogP contribution in [0.15, 0.2) is 41.8 Å². The maximum absolute atomic E-state index is 12.3. The molecule has 2 N–H and O–H groups in total. The van der Waals surface area contributed by atoms with Crippen LogP contribution in [0.3, 0.4) is 0 Å².